The van der Waals surface area contributed by atoms with Crippen molar-refractivity contribution in [1.82, 2.24) is 0 Å². The highest BCUT2D eigenvalue weighted by molar-refractivity contribution is 6.36. The first-order valence-electron chi connectivity index (χ1n) is 5.07. The summed E-state index contributed by atoms with van der Waals surface area (Å²) in [6.45, 7) is 0. The Kier molecular flexibility index (Phi) is 4.13. The zero-order valence-electron chi connectivity index (χ0n) is 9.00. The van der Waals surface area contributed by atoms with Gasteiger partial charge in [-0.15, -0.1) is 0 Å². The van der Waals surface area contributed by atoms with Gasteiger partial charge in [-0.05, 0) is 24.3 Å². The highest BCUT2D eigenvalue weighted by atomic mass is 35.5. The SMILES string of the molecule is OC(c1ccc(Cl)cc1F)c1c(Cl)cccc1Cl. The lowest BCUT2D eigenvalue weighted by molar-refractivity contribution is 0.215. The maximum Gasteiger partial charge on any atom is 0.130 e. The van der Waals surface area contributed by atoms with E-state index in [1.54, 1.807) is 18.2 Å². The zero-order chi connectivity index (χ0) is 13.3. The van der Waals surface area contributed by atoms with Gasteiger partial charge in [0.2, 0.25) is 0 Å². The minimum atomic E-state index is -1.23. The van der Waals surface area contributed by atoms with Crippen molar-refractivity contribution in [2.75, 3.05) is 0 Å². The lowest BCUT2D eigenvalue weighted by Gasteiger charge is -2.15. The molecule has 18 heavy (non-hydrogen) atoms. The highest BCUT2D eigenvalue weighted by Crippen LogP contribution is 2.35. The van der Waals surface area contributed by atoms with E-state index in [1.165, 1.54) is 12.1 Å². The fourth-order valence-electron chi connectivity index (χ4n) is 1.65. The number of hydrogen-bond donors (Lipinski definition) is 1. The van der Waals surface area contributed by atoms with E-state index < -0.39 is 11.9 Å². The molecule has 0 bridgehead atoms. The van der Waals surface area contributed by atoms with Crippen LogP contribution in [0.5, 0.6) is 0 Å². The van der Waals surface area contributed by atoms with Crippen molar-refractivity contribution in [3.63, 3.8) is 0 Å². The van der Waals surface area contributed by atoms with E-state index in [-0.39, 0.29) is 26.2 Å². The quantitative estimate of drug-likeness (QED) is 0.839. The molecule has 0 aliphatic carbocycles. The van der Waals surface area contributed by atoms with E-state index in [2.05, 4.69) is 0 Å². The Morgan fingerprint density at radius 2 is 1.61 bits per heavy atom. The lowest BCUT2D eigenvalue weighted by Crippen LogP contribution is -2.04. The Morgan fingerprint density at radius 1 is 1.00 bits per heavy atom. The fourth-order valence-corrected chi connectivity index (χ4v) is 2.41. The van der Waals surface area contributed by atoms with Crippen LogP contribution >= 0.6 is 34.8 Å². The summed E-state index contributed by atoms with van der Waals surface area (Å²) in [5.41, 5.74) is 0.358. The molecule has 0 aliphatic rings. The first kappa shape index (κ1) is 13.6. The van der Waals surface area contributed by atoms with Gasteiger partial charge in [0.1, 0.15) is 11.9 Å². The normalized spacial score (nSPS) is 12.5. The Labute approximate surface area is 119 Å². The molecule has 0 heterocycles. The molecule has 5 heteroatoms. The Balaban J connectivity index is 2.51. The van der Waals surface area contributed by atoms with Crippen LogP contribution in [0.3, 0.4) is 0 Å². The first-order chi connectivity index (χ1) is 8.50. The number of benzene rings is 2. The third kappa shape index (κ3) is 2.62. The minimum absolute atomic E-state index is 0.0781. The first-order valence-corrected chi connectivity index (χ1v) is 6.21. The molecule has 0 saturated carbocycles. The van der Waals surface area contributed by atoms with E-state index in [4.69, 9.17) is 34.8 Å². The van der Waals surface area contributed by atoms with Crippen LogP contribution in [-0.4, -0.2) is 5.11 Å². The summed E-state index contributed by atoms with van der Waals surface area (Å²) in [6, 6.07) is 8.85. The Hall–Kier alpha value is -0.800. The standard InChI is InChI=1S/C13H8Cl3FO/c14-7-4-5-8(11(17)6-7)13(18)12-9(15)2-1-3-10(12)16/h1-6,13,18H. The molecule has 0 saturated heterocycles. The smallest absolute Gasteiger partial charge is 0.130 e. The van der Waals surface area contributed by atoms with Crippen molar-refractivity contribution >= 4 is 34.8 Å². The van der Waals surface area contributed by atoms with Crippen LogP contribution in [0.25, 0.3) is 0 Å². The van der Waals surface area contributed by atoms with Crippen LogP contribution in [0.4, 0.5) is 4.39 Å². The maximum atomic E-state index is 13.7. The Bertz CT molecular complexity index is 566. The second-order valence-corrected chi connectivity index (χ2v) is 4.95. The Morgan fingerprint density at radius 3 is 2.17 bits per heavy atom. The number of aliphatic hydroxyl groups excluding tert-OH is 1. The second-order valence-electron chi connectivity index (χ2n) is 3.70. The molecular weight excluding hydrogens is 297 g/mol. The van der Waals surface area contributed by atoms with Crippen molar-refractivity contribution in [3.05, 3.63) is 68.4 Å². The van der Waals surface area contributed by atoms with E-state index in [1.807, 2.05) is 0 Å². The number of aliphatic hydroxyl groups is 1. The predicted octanol–water partition coefficient (Wildman–Crippen LogP) is 4.87. The maximum absolute atomic E-state index is 13.7. The summed E-state index contributed by atoms with van der Waals surface area (Å²) < 4.78 is 13.7. The zero-order valence-corrected chi connectivity index (χ0v) is 11.3. The van der Waals surface area contributed by atoms with Crippen LogP contribution in [-0.2, 0) is 0 Å². The van der Waals surface area contributed by atoms with Crippen LogP contribution in [0.1, 0.15) is 17.2 Å². The third-order valence-corrected chi connectivity index (χ3v) is 3.42. The van der Waals surface area contributed by atoms with Crippen LogP contribution < -0.4 is 0 Å². The summed E-state index contributed by atoms with van der Waals surface area (Å²) in [4.78, 5) is 0. The molecule has 1 unspecified atom stereocenters. The van der Waals surface area contributed by atoms with Gasteiger partial charge in [-0.25, -0.2) is 4.39 Å². The summed E-state index contributed by atoms with van der Waals surface area (Å²) >= 11 is 17.6. The molecule has 1 N–H and O–H groups in total. The van der Waals surface area contributed by atoms with Gasteiger partial charge in [0.05, 0.1) is 0 Å². The molecule has 2 aromatic carbocycles. The molecule has 0 aromatic heterocycles. The molecule has 2 rings (SSSR count). The summed E-state index contributed by atoms with van der Waals surface area (Å²) in [5.74, 6) is -0.606. The summed E-state index contributed by atoms with van der Waals surface area (Å²) in [5, 5.41) is 11.0. The summed E-state index contributed by atoms with van der Waals surface area (Å²) in [7, 11) is 0. The van der Waals surface area contributed by atoms with E-state index in [0.29, 0.717) is 0 Å². The lowest BCUT2D eigenvalue weighted by atomic mass is 10.0. The monoisotopic (exact) mass is 304 g/mol. The van der Waals surface area contributed by atoms with Gasteiger partial charge in [-0.2, -0.15) is 0 Å². The minimum Gasteiger partial charge on any atom is -0.383 e. The predicted molar refractivity (Wildman–Crippen MR) is 71.9 cm³/mol. The molecular formula is C13H8Cl3FO. The largest absolute Gasteiger partial charge is 0.383 e. The highest BCUT2D eigenvalue weighted by Gasteiger charge is 2.20. The molecule has 0 radical (unpaired) electrons. The number of rotatable bonds is 2. The van der Waals surface area contributed by atoms with Crippen molar-refractivity contribution in [1.29, 1.82) is 0 Å². The second kappa shape index (κ2) is 5.45. The van der Waals surface area contributed by atoms with Gasteiger partial charge in [-0.3, -0.25) is 0 Å². The molecule has 94 valence electrons. The molecule has 2 aromatic rings. The van der Waals surface area contributed by atoms with Gasteiger partial charge >= 0.3 is 0 Å². The van der Waals surface area contributed by atoms with Gasteiger partial charge in [0, 0.05) is 26.2 Å². The van der Waals surface area contributed by atoms with E-state index in [9.17, 15) is 9.50 Å². The van der Waals surface area contributed by atoms with Crippen molar-refractivity contribution < 1.29 is 9.50 Å². The van der Waals surface area contributed by atoms with Gasteiger partial charge < -0.3 is 5.11 Å². The molecule has 0 spiro atoms. The molecule has 0 amide bonds. The number of hydrogen-bond acceptors (Lipinski definition) is 1. The van der Waals surface area contributed by atoms with E-state index >= 15 is 0 Å². The molecule has 1 atom stereocenters. The van der Waals surface area contributed by atoms with Crippen LogP contribution in [0.2, 0.25) is 15.1 Å². The van der Waals surface area contributed by atoms with Crippen LogP contribution in [0, 0.1) is 5.82 Å². The number of halogens is 4. The van der Waals surface area contributed by atoms with Crippen LogP contribution in [0.15, 0.2) is 36.4 Å². The average molecular weight is 306 g/mol. The summed E-state index contributed by atoms with van der Waals surface area (Å²) in [6.07, 6.45) is -1.23. The van der Waals surface area contributed by atoms with Gasteiger partial charge in [-0.1, -0.05) is 46.9 Å². The van der Waals surface area contributed by atoms with E-state index in [0.717, 1.165) is 6.07 Å². The van der Waals surface area contributed by atoms with Crippen molar-refractivity contribution in [2.45, 2.75) is 6.10 Å². The average Bonchev–Trinajstić information content (AvgIpc) is 2.28. The third-order valence-electron chi connectivity index (χ3n) is 2.53. The van der Waals surface area contributed by atoms with Crippen molar-refractivity contribution in [2.24, 2.45) is 0 Å². The molecule has 0 aliphatic heterocycles. The molecule has 1 nitrogen and oxygen atoms in total. The van der Waals surface area contributed by atoms with Gasteiger partial charge in [0.25, 0.3) is 0 Å². The fraction of sp³-hybridized carbons (Fsp3) is 0.0769. The topological polar surface area (TPSA) is 20.2 Å². The molecule has 0 fully saturated rings. The van der Waals surface area contributed by atoms with Gasteiger partial charge in [0.15, 0.2) is 0 Å². The van der Waals surface area contributed by atoms with Crippen molar-refractivity contribution in [3.8, 4) is 0 Å².